The Morgan fingerprint density at radius 3 is 2.64 bits per heavy atom. The molecule has 3 aromatic rings. The van der Waals surface area contributed by atoms with Crippen molar-refractivity contribution < 1.29 is 4.79 Å². The van der Waals surface area contributed by atoms with Gasteiger partial charge in [0.25, 0.3) is 11.5 Å². The first-order valence-electron chi connectivity index (χ1n) is 8.16. The maximum Gasteiger partial charge on any atom is 0.279 e. The number of aryl methyl sites for hydroxylation is 4. The molecule has 0 unspecified atom stereocenters. The molecule has 0 saturated heterocycles. The van der Waals surface area contributed by atoms with Gasteiger partial charge in [0, 0.05) is 13.6 Å². The van der Waals surface area contributed by atoms with Crippen molar-refractivity contribution in [1.82, 2.24) is 19.3 Å². The molecule has 0 aliphatic rings. The summed E-state index contributed by atoms with van der Waals surface area (Å²) in [4.78, 5) is 29.6. The molecule has 1 amide bonds. The third-order valence-corrected chi connectivity index (χ3v) is 4.40. The number of anilines is 1. The number of rotatable bonds is 3. The SMILES string of the molecule is CCn1c(NC(=O)c2c(C)c(C)nn(C)c2=O)nc2cc(C)ccc21. The average Bonchev–Trinajstić information content (AvgIpc) is 2.89. The van der Waals surface area contributed by atoms with Crippen molar-refractivity contribution in [2.24, 2.45) is 7.05 Å². The van der Waals surface area contributed by atoms with Gasteiger partial charge in [0.1, 0.15) is 5.56 Å². The largest absolute Gasteiger partial charge is 0.310 e. The van der Waals surface area contributed by atoms with Crippen molar-refractivity contribution >= 4 is 22.9 Å². The number of hydrogen-bond acceptors (Lipinski definition) is 4. The van der Waals surface area contributed by atoms with Gasteiger partial charge in [-0.05, 0) is 51.0 Å². The van der Waals surface area contributed by atoms with Crippen molar-refractivity contribution in [2.45, 2.75) is 34.2 Å². The molecule has 2 aromatic heterocycles. The Labute approximate surface area is 145 Å². The van der Waals surface area contributed by atoms with Gasteiger partial charge in [-0.25, -0.2) is 9.67 Å². The molecule has 0 saturated carbocycles. The van der Waals surface area contributed by atoms with Crippen molar-refractivity contribution in [1.29, 1.82) is 0 Å². The zero-order valence-corrected chi connectivity index (χ0v) is 15.0. The standard InChI is InChI=1S/C18H21N5O2/c1-6-23-14-8-7-10(2)9-13(14)19-18(23)20-16(24)15-11(3)12(4)21-22(5)17(15)25/h7-9H,6H2,1-5H3,(H,19,20,24). The fraction of sp³-hybridized carbons (Fsp3) is 0.333. The Bertz CT molecular complexity index is 1050. The van der Waals surface area contributed by atoms with E-state index >= 15 is 0 Å². The molecule has 0 radical (unpaired) electrons. The molecule has 2 heterocycles. The van der Waals surface area contributed by atoms with Crippen LogP contribution >= 0.6 is 0 Å². The van der Waals surface area contributed by atoms with Gasteiger partial charge < -0.3 is 4.57 Å². The fourth-order valence-electron chi connectivity index (χ4n) is 2.94. The van der Waals surface area contributed by atoms with Gasteiger partial charge in [-0.2, -0.15) is 5.10 Å². The maximum absolute atomic E-state index is 12.8. The lowest BCUT2D eigenvalue weighted by atomic mass is 10.1. The number of amides is 1. The summed E-state index contributed by atoms with van der Waals surface area (Å²) in [7, 11) is 1.54. The van der Waals surface area contributed by atoms with Gasteiger partial charge in [-0.3, -0.25) is 14.9 Å². The van der Waals surface area contributed by atoms with Crippen LogP contribution in [0.25, 0.3) is 11.0 Å². The summed E-state index contributed by atoms with van der Waals surface area (Å²) in [5.41, 5.74) is 3.76. The predicted octanol–water partition coefficient (Wildman–Crippen LogP) is 2.33. The highest BCUT2D eigenvalue weighted by molar-refractivity contribution is 6.05. The second-order valence-electron chi connectivity index (χ2n) is 6.14. The fourth-order valence-corrected chi connectivity index (χ4v) is 2.94. The van der Waals surface area contributed by atoms with Crippen LogP contribution in [0.5, 0.6) is 0 Å². The number of aromatic nitrogens is 4. The summed E-state index contributed by atoms with van der Waals surface area (Å²) in [6.07, 6.45) is 0. The maximum atomic E-state index is 12.8. The molecule has 25 heavy (non-hydrogen) atoms. The topological polar surface area (TPSA) is 81.8 Å². The average molecular weight is 339 g/mol. The predicted molar refractivity (Wildman–Crippen MR) is 97.0 cm³/mol. The minimum Gasteiger partial charge on any atom is -0.310 e. The normalized spacial score (nSPS) is 11.1. The van der Waals surface area contributed by atoms with Gasteiger partial charge in [0.2, 0.25) is 5.95 Å². The van der Waals surface area contributed by atoms with Gasteiger partial charge in [-0.15, -0.1) is 0 Å². The number of nitrogens with zero attached hydrogens (tertiary/aromatic N) is 4. The van der Waals surface area contributed by atoms with Crippen molar-refractivity contribution in [2.75, 3.05) is 5.32 Å². The van der Waals surface area contributed by atoms with E-state index in [1.165, 1.54) is 11.7 Å². The number of imidazole rings is 1. The monoisotopic (exact) mass is 339 g/mol. The second-order valence-corrected chi connectivity index (χ2v) is 6.14. The first-order chi connectivity index (χ1) is 11.8. The summed E-state index contributed by atoms with van der Waals surface area (Å²) < 4.78 is 3.10. The smallest absolute Gasteiger partial charge is 0.279 e. The molecule has 0 fully saturated rings. The van der Waals surface area contributed by atoms with Crippen LogP contribution in [0.4, 0.5) is 5.95 Å². The lowest BCUT2D eigenvalue weighted by Crippen LogP contribution is -2.32. The summed E-state index contributed by atoms with van der Waals surface area (Å²) in [6.45, 7) is 8.13. The third-order valence-electron chi connectivity index (χ3n) is 4.40. The molecule has 7 nitrogen and oxygen atoms in total. The molecular weight excluding hydrogens is 318 g/mol. The van der Waals surface area contributed by atoms with Crippen molar-refractivity contribution in [3.8, 4) is 0 Å². The van der Waals surface area contributed by atoms with Crippen LogP contribution in [0.2, 0.25) is 0 Å². The molecule has 0 aliphatic heterocycles. The summed E-state index contributed by atoms with van der Waals surface area (Å²) >= 11 is 0. The molecule has 1 aromatic carbocycles. The van der Waals surface area contributed by atoms with Crippen LogP contribution in [0.3, 0.4) is 0 Å². The quantitative estimate of drug-likeness (QED) is 0.794. The minimum atomic E-state index is -0.467. The summed E-state index contributed by atoms with van der Waals surface area (Å²) in [5, 5.41) is 6.90. The molecule has 3 rings (SSSR count). The van der Waals surface area contributed by atoms with E-state index in [1.807, 2.05) is 36.6 Å². The van der Waals surface area contributed by atoms with Crippen LogP contribution in [-0.2, 0) is 13.6 Å². The number of nitrogens with one attached hydrogen (secondary N) is 1. The van der Waals surface area contributed by atoms with Crippen molar-refractivity contribution in [3.05, 3.63) is 50.9 Å². The number of carbonyl (C=O) groups excluding carboxylic acids is 1. The minimum absolute atomic E-state index is 0.0980. The lowest BCUT2D eigenvalue weighted by molar-refractivity contribution is 0.102. The van der Waals surface area contributed by atoms with E-state index in [-0.39, 0.29) is 5.56 Å². The van der Waals surface area contributed by atoms with Gasteiger partial charge in [0.05, 0.1) is 16.7 Å². The number of fused-ring (bicyclic) bond motifs is 1. The van der Waals surface area contributed by atoms with Crippen LogP contribution in [0.1, 0.15) is 34.1 Å². The molecule has 0 aliphatic carbocycles. The Hall–Kier alpha value is -2.96. The van der Waals surface area contributed by atoms with E-state index in [0.29, 0.717) is 23.8 Å². The second kappa shape index (κ2) is 6.16. The molecule has 1 N–H and O–H groups in total. The Kier molecular flexibility index (Phi) is 4.16. The van der Waals surface area contributed by atoms with Crippen LogP contribution in [-0.4, -0.2) is 25.2 Å². The molecule has 0 atom stereocenters. The van der Waals surface area contributed by atoms with Gasteiger partial charge >= 0.3 is 0 Å². The third kappa shape index (κ3) is 2.82. The zero-order chi connectivity index (χ0) is 18.3. The molecule has 0 bridgehead atoms. The van der Waals surface area contributed by atoms with E-state index in [9.17, 15) is 9.59 Å². The van der Waals surface area contributed by atoms with E-state index in [1.54, 1.807) is 13.8 Å². The summed E-state index contributed by atoms with van der Waals surface area (Å²) in [5.74, 6) is -0.0330. The van der Waals surface area contributed by atoms with Crippen LogP contribution in [0.15, 0.2) is 23.0 Å². The van der Waals surface area contributed by atoms with E-state index in [4.69, 9.17) is 0 Å². The molecule has 7 heteroatoms. The van der Waals surface area contributed by atoms with E-state index in [0.717, 1.165) is 16.6 Å². The summed E-state index contributed by atoms with van der Waals surface area (Å²) in [6, 6.07) is 5.96. The van der Waals surface area contributed by atoms with Gasteiger partial charge in [0.15, 0.2) is 0 Å². The Balaban J connectivity index is 2.08. The van der Waals surface area contributed by atoms with E-state index in [2.05, 4.69) is 15.4 Å². The Morgan fingerprint density at radius 2 is 1.96 bits per heavy atom. The number of benzene rings is 1. The Morgan fingerprint density at radius 1 is 1.24 bits per heavy atom. The van der Waals surface area contributed by atoms with Crippen molar-refractivity contribution in [3.63, 3.8) is 0 Å². The highest BCUT2D eigenvalue weighted by atomic mass is 16.2. The molecule has 130 valence electrons. The number of carbonyl (C=O) groups is 1. The first-order valence-corrected chi connectivity index (χ1v) is 8.16. The van der Waals surface area contributed by atoms with E-state index < -0.39 is 11.5 Å². The highest BCUT2D eigenvalue weighted by Crippen LogP contribution is 2.21. The molecular formula is C18H21N5O2. The number of hydrogen-bond donors (Lipinski definition) is 1. The van der Waals surface area contributed by atoms with Gasteiger partial charge in [-0.1, -0.05) is 6.07 Å². The van der Waals surface area contributed by atoms with Crippen LogP contribution < -0.4 is 10.9 Å². The molecule has 0 spiro atoms. The zero-order valence-electron chi connectivity index (χ0n) is 15.0. The highest BCUT2D eigenvalue weighted by Gasteiger charge is 2.20. The first kappa shape index (κ1) is 16.9. The van der Waals surface area contributed by atoms with Crippen LogP contribution in [0, 0.1) is 20.8 Å². The lowest BCUT2D eigenvalue weighted by Gasteiger charge is -2.11.